The Morgan fingerprint density at radius 2 is 1.83 bits per heavy atom. The van der Waals surface area contributed by atoms with E-state index in [9.17, 15) is 19.1 Å². The maximum atomic E-state index is 12.7. The van der Waals surface area contributed by atoms with Gasteiger partial charge in [0.1, 0.15) is 0 Å². The van der Waals surface area contributed by atoms with Gasteiger partial charge in [0, 0.05) is 16.8 Å². The van der Waals surface area contributed by atoms with Gasteiger partial charge in [-0.1, -0.05) is 40.7 Å². The molecular formula is C24H38NO4P. The molecule has 0 radical (unpaired) electrons. The van der Waals surface area contributed by atoms with Gasteiger partial charge in [0.05, 0.1) is 0 Å². The first-order chi connectivity index (χ1) is 13.8. The summed E-state index contributed by atoms with van der Waals surface area (Å²) in [5.74, 6) is 1.90. The lowest BCUT2D eigenvalue weighted by molar-refractivity contribution is -0.130. The molecule has 1 amide bonds. The molecule has 0 aliphatic heterocycles. The minimum Gasteiger partial charge on any atom is -0.352 e. The number of carbonyl (C=O) groups is 1. The number of fused-ring (bicyclic) bond motifs is 5. The van der Waals surface area contributed by atoms with Crippen LogP contribution in [-0.2, 0) is 9.36 Å². The molecule has 0 aromatic heterocycles. The summed E-state index contributed by atoms with van der Waals surface area (Å²) in [6.07, 6.45) is 10.9. The zero-order valence-electron chi connectivity index (χ0n) is 19.1. The van der Waals surface area contributed by atoms with Crippen LogP contribution in [0.25, 0.3) is 0 Å². The van der Waals surface area contributed by atoms with Crippen molar-refractivity contribution in [3.05, 3.63) is 23.0 Å². The molecule has 0 aromatic rings. The van der Waals surface area contributed by atoms with Crippen molar-refractivity contribution < 1.29 is 19.1 Å². The molecule has 1 unspecified atom stereocenters. The highest BCUT2D eigenvalue weighted by molar-refractivity contribution is 7.56. The van der Waals surface area contributed by atoms with Gasteiger partial charge in [-0.2, -0.15) is 0 Å². The van der Waals surface area contributed by atoms with Gasteiger partial charge in [0.15, 0.2) is 0 Å². The maximum Gasteiger partial charge on any atom is 0.352 e. The van der Waals surface area contributed by atoms with Crippen molar-refractivity contribution in [1.82, 2.24) is 5.32 Å². The lowest BCUT2D eigenvalue weighted by Crippen LogP contribution is -2.54. The first kappa shape index (κ1) is 22.3. The van der Waals surface area contributed by atoms with Crippen LogP contribution in [0, 0.1) is 34.0 Å². The van der Waals surface area contributed by atoms with Gasteiger partial charge in [-0.25, -0.2) is 0 Å². The third kappa shape index (κ3) is 3.45. The average molecular weight is 436 g/mol. The highest BCUT2D eigenvalue weighted by Crippen LogP contribution is 2.66. The second-order valence-electron chi connectivity index (χ2n) is 11.8. The van der Waals surface area contributed by atoms with E-state index in [0.717, 1.165) is 44.1 Å². The van der Waals surface area contributed by atoms with Gasteiger partial charge in [-0.15, -0.1) is 0 Å². The van der Waals surface area contributed by atoms with Crippen molar-refractivity contribution in [2.45, 2.75) is 85.6 Å². The van der Waals surface area contributed by atoms with E-state index < -0.39 is 7.60 Å². The fourth-order valence-corrected chi connectivity index (χ4v) is 7.86. The molecule has 4 rings (SSSR count). The summed E-state index contributed by atoms with van der Waals surface area (Å²) >= 11 is 0. The van der Waals surface area contributed by atoms with E-state index in [4.69, 9.17) is 0 Å². The molecule has 0 aromatic carbocycles. The molecule has 168 valence electrons. The standard InChI is InChI=1S/C24H38NO4P/c1-22(2,3)21(26)25-20-9-8-18-17-7-6-15-14-16(30(27,28)29)10-12-23(15,4)19(17)11-13-24(18,20)5/h6,14,17-20H,7-13H2,1-5H3,(H,25,26)(H2,27,28,29)/t17-,18-,19+,20?,23-,24-/m0/s1. The molecule has 6 atom stereocenters. The highest BCUT2D eigenvalue weighted by atomic mass is 31.2. The van der Waals surface area contributed by atoms with Crippen LogP contribution in [0.15, 0.2) is 23.0 Å². The molecule has 2 saturated carbocycles. The zero-order valence-corrected chi connectivity index (χ0v) is 20.0. The van der Waals surface area contributed by atoms with Crippen LogP contribution in [-0.4, -0.2) is 21.7 Å². The van der Waals surface area contributed by atoms with E-state index in [2.05, 4.69) is 25.2 Å². The Morgan fingerprint density at radius 3 is 2.47 bits per heavy atom. The van der Waals surface area contributed by atoms with Gasteiger partial charge in [-0.05, 0) is 85.2 Å². The minimum absolute atomic E-state index is 0.00958. The van der Waals surface area contributed by atoms with Crippen molar-refractivity contribution in [3.63, 3.8) is 0 Å². The third-order valence-electron chi connectivity index (χ3n) is 9.11. The predicted octanol–water partition coefficient (Wildman–Crippen LogP) is 5.15. The van der Waals surface area contributed by atoms with Crippen LogP contribution >= 0.6 is 7.60 Å². The number of hydrogen-bond acceptors (Lipinski definition) is 2. The van der Waals surface area contributed by atoms with Crippen molar-refractivity contribution in [2.24, 2.45) is 34.0 Å². The molecule has 0 heterocycles. The van der Waals surface area contributed by atoms with Crippen molar-refractivity contribution >= 4 is 13.5 Å². The van der Waals surface area contributed by atoms with Crippen molar-refractivity contribution in [2.75, 3.05) is 0 Å². The summed E-state index contributed by atoms with van der Waals surface area (Å²) in [6.45, 7) is 10.6. The quantitative estimate of drug-likeness (QED) is 0.524. The molecule has 4 aliphatic rings. The Bertz CT molecular complexity index is 850. The smallest absolute Gasteiger partial charge is 0.352 e. The minimum atomic E-state index is -4.16. The number of rotatable bonds is 2. The summed E-state index contributed by atoms with van der Waals surface area (Å²) < 4.78 is 11.8. The summed E-state index contributed by atoms with van der Waals surface area (Å²) in [4.78, 5) is 32.0. The van der Waals surface area contributed by atoms with Gasteiger partial charge < -0.3 is 15.1 Å². The molecule has 30 heavy (non-hydrogen) atoms. The Labute approximate surface area is 180 Å². The van der Waals surface area contributed by atoms with Crippen LogP contribution < -0.4 is 5.32 Å². The number of allylic oxidation sites excluding steroid dienone is 4. The molecule has 0 spiro atoms. The fraction of sp³-hybridized carbons (Fsp3) is 0.792. The van der Waals surface area contributed by atoms with Crippen molar-refractivity contribution in [1.29, 1.82) is 0 Å². The number of carbonyl (C=O) groups excluding carboxylic acids is 1. The topological polar surface area (TPSA) is 86.6 Å². The van der Waals surface area contributed by atoms with E-state index in [1.54, 1.807) is 0 Å². The molecule has 4 aliphatic carbocycles. The molecule has 3 N–H and O–H groups in total. The van der Waals surface area contributed by atoms with Gasteiger partial charge in [0.25, 0.3) is 0 Å². The fourth-order valence-electron chi connectivity index (χ4n) is 7.15. The highest BCUT2D eigenvalue weighted by Gasteiger charge is 2.58. The van der Waals surface area contributed by atoms with Gasteiger partial charge in [-0.3, -0.25) is 9.36 Å². The Balaban J connectivity index is 1.59. The SMILES string of the molecule is CC(C)(C)C(=O)NC1CC[C@H]2[C@@H]3CC=C4C=C(P(=O)(O)O)CC[C@]4(C)[C@@H]3CC[C@]12C. The van der Waals surface area contributed by atoms with Gasteiger partial charge >= 0.3 is 7.60 Å². The molecule has 0 saturated heterocycles. The van der Waals surface area contributed by atoms with Crippen LogP contribution in [0.2, 0.25) is 0 Å². The molecule has 0 bridgehead atoms. The molecular weight excluding hydrogens is 397 g/mol. The van der Waals surface area contributed by atoms with Crippen LogP contribution in [0.5, 0.6) is 0 Å². The summed E-state index contributed by atoms with van der Waals surface area (Å²) in [5.41, 5.74) is 0.931. The summed E-state index contributed by atoms with van der Waals surface area (Å²) in [5, 5.41) is 3.69. The molecule has 2 fully saturated rings. The average Bonchev–Trinajstić information content (AvgIpc) is 2.96. The Hall–Kier alpha value is -0.900. The van der Waals surface area contributed by atoms with E-state index in [1.807, 2.05) is 26.8 Å². The zero-order chi connectivity index (χ0) is 22.1. The first-order valence-corrected chi connectivity index (χ1v) is 13.2. The first-order valence-electron chi connectivity index (χ1n) is 11.5. The summed E-state index contributed by atoms with van der Waals surface area (Å²) in [7, 11) is -4.16. The Kier molecular flexibility index (Phi) is 5.24. The van der Waals surface area contributed by atoms with E-state index in [1.165, 1.54) is 0 Å². The monoisotopic (exact) mass is 435 g/mol. The second-order valence-corrected chi connectivity index (χ2v) is 13.4. The normalized spacial score (nSPS) is 41.2. The van der Waals surface area contributed by atoms with Crippen LogP contribution in [0.3, 0.4) is 0 Å². The number of nitrogens with one attached hydrogen (secondary N) is 1. The lowest BCUT2D eigenvalue weighted by atomic mass is 9.48. The van der Waals surface area contributed by atoms with Crippen molar-refractivity contribution in [3.8, 4) is 0 Å². The van der Waals surface area contributed by atoms with Gasteiger partial charge in [0.2, 0.25) is 5.91 Å². The lowest BCUT2D eigenvalue weighted by Gasteiger charge is -2.57. The second kappa shape index (κ2) is 7.05. The van der Waals surface area contributed by atoms with E-state index in [0.29, 0.717) is 29.5 Å². The van der Waals surface area contributed by atoms with Crippen LogP contribution in [0.1, 0.15) is 79.6 Å². The van der Waals surface area contributed by atoms with Crippen LogP contribution in [0.4, 0.5) is 0 Å². The molecule has 6 heteroatoms. The molecule has 5 nitrogen and oxygen atoms in total. The number of hydrogen-bond donors (Lipinski definition) is 3. The summed E-state index contributed by atoms with van der Waals surface area (Å²) in [6, 6.07) is 0.251. The Morgan fingerprint density at radius 1 is 1.13 bits per heavy atom. The maximum absolute atomic E-state index is 12.7. The largest absolute Gasteiger partial charge is 0.352 e. The van der Waals surface area contributed by atoms with E-state index in [-0.39, 0.29) is 28.2 Å². The third-order valence-corrected chi connectivity index (χ3v) is 10.2. The number of amides is 1. The predicted molar refractivity (Wildman–Crippen MR) is 119 cm³/mol. The van der Waals surface area contributed by atoms with E-state index >= 15 is 0 Å².